The molecule has 0 saturated heterocycles. The second kappa shape index (κ2) is 8.09. The van der Waals surface area contributed by atoms with Gasteiger partial charge in [-0.25, -0.2) is 0 Å². The monoisotopic (exact) mass is 388 g/mol. The van der Waals surface area contributed by atoms with Gasteiger partial charge >= 0.3 is 0 Å². The lowest BCUT2D eigenvalue weighted by atomic mass is 9.71. The minimum absolute atomic E-state index is 0.159. The molecule has 2 aromatic rings. The molecule has 1 fully saturated rings. The van der Waals surface area contributed by atoms with Crippen LogP contribution < -0.4 is 0 Å². The van der Waals surface area contributed by atoms with E-state index in [0.29, 0.717) is 11.7 Å². The zero-order valence-corrected chi connectivity index (χ0v) is 18.6. The Morgan fingerprint density at radius 2 is 1.59 bits per heavy atom. The van der Waals surface area contributed by atoms with Crippen LogP contribution in [0.5, 0.6) is 0 Å². The molecule has 154 valence electrons. The molecule has 1 nitrogen and oxygen atoms in total. The number of rotatable bonds is 4. The largest absolute Gasteiger partial charge is 0.294 e. The summed E-state index contributed by atoms with van der Waals surface area (Å²) in [5, 5.41) is 0. The first kappa shape index (κ1) is 20.4. The van der Waals surface area contributed by atoms with Gasteiger partial charge in [-0.3, -0.25) is 4.79 Å². The molecular formula is C28H36O. The van der Waals surface area contributed by atoms with Crippen molar-refractivity contribution in [2.24, 2.45) is 17.8 Å². The summed E-state index contributed by atoms with van der Waals surface area (Å²) in [7, 11) is 0. The molecule has 2 atom stereocenters. The lowest BCUT2D eigenvalue weighted by Crippen LogP contribution is -2.28. The maximum atomic E-state index is 13.4. The minimum Gasteiger partial charge on any atom is -0.294 e. The number of ketones is 1. The predicted octanol–water partition coefficient (Wildman–Crippen LogP) is 7.61. The average molecular weight is 389 g/mol. The highest BCUT2D eigenvalue weighted by Gasteiger charge is 2.40. The third kappa shape index (κ3) is 3.93. The second-order valence-corrected chi connectivity index (χ2v) is 10.3. The maximum Gasteiger partial charge on any atom is 0.166 e. The summed E-state index contributed by atoms with van der Waals surface area (Å²) in [5.74, 6) is 1.89. The quantitative estimate of drug-likeness (QED) is 0.526. The Hall–Kier alpha value is -1.89. The summed E-state index contributed by atoms with van der Waals surface area (Å²) >= 11 is 0. The zero-order chi connectivity index (χ0) is 20.6. The van der Waals surface area contributed by atoms with E-state index in [-0.39, 0.29) is 11.3 Å². The third-order valence-corrected chi connectivity index (χ3v) is 7.51. The number of hydrogen-bond donors (Lipinski definition) is 0. The van der Waals surface area contributed by atoms with Crippen molar-refractivity contribution in [2.45, 2.75) is 78.1 Å². The molecule has 0 spiro atoms. The molecule has 1 heteroatoms. The van der Waals surface area contributed by atoms with Gasteiger partial charge in [-0.15, -0.1) is 0 Å². The standard InChI is InChI=1S/C28H36O/c1-5-22(19-10-7-6-8-11-19)26-18-25-23(12-9-13-24(25)27(26)29)20-14-16-21(17-15-20)28(2,3)4/h9,12-17,19,22,26H,5-8,10-11,18H2,1-4H3. The van der Waals surface area contributed by atoms with Crippen molar-refractivity contribution in [1.82, 2.24) is 0 Å². The molecule has 2 aromatic carbocycles. The van der Waals surface area contributed by atoms with Crippen LogP contribution in [0.3, 0.4) is 0 Å². The molecular weight excluding hydrogens is 352 g/mol. The SMILES string of the molecule is CCC(C1CCCCC1)C1Cc2c(cccc2-c2ccc(C(C)(C)C)cc2)C1=O. The van der Waals surface area contributed by atoms with Crippen LogP contribution in [-0.2, 0) is 11.8 Å². The van der Waals surface area contributed by atoms with Crippen molar-refractivity contribution < 1.29 is 4.79 Å². The predicted molar refractivity (Wildman–Crippen MR) is 122 cm³/mol. The number of benzene rings is 2. The molecule has 4 rings (SSSR count). The summed E-state index contributed by atoms with van der Waals surface area (Å²) in [6.07, 6.45) is 8.77. The molecule has 0 aliphatic heterocycles. The van der Waals surface area contributed by atoms with Crippen LogP contribution in [0.2, 0.25) is 0 Å². The smallest absolute Gasteiger partial charge is 0.166 e. The molecule has 2 unspecified atom stereocenters. The Bertz CT molecular complexity index is 862. The summed E-state index contributed by atoms with van der Waals surface area (Å²) in [6.45, 7) is 9.05. The van der Waals surface area contributed by atoms with Gasteiger partial charge in [0.05, 0.1) is 0 Å². The second-order valence-electron chi connectivity index (χ2n) is 10.3. The number of Topliss-reactive ketones (excluding diaryl/α,β-unsaturated/α-hetero) is 1. The van der Waals surface area contributed by atoms with E-state index in [4.69, 9.17) is 0 Å². The van der Waals surface area contributed by atoms with Gasteiger partial charge in [-0.1, -0.05) is 109 Å². The molecule has 0 radical (unpaired) electrons. The van der Waals surface area contributed by atoms with Crippen molar-refractivity contribution in [3.05, 3.63) is 59.2 Å². The van der Waals surface area contributed by atoms with E-state index in [0.717, 1.165) is 24.3 Å². The Morgan fingerprint density at radius 3 is 2.21 bits per heavy atom. The Kier molecular flexibility index (Phi) is 5.69. The molecule has 0 bridgehead atoms. The van der Waals surface area contributed by atoms with E-state index in [2.05, 4.69) is 70.2 Å². The van der Waals surface area contributed by atoms with Crippen LogP contribution in [0.1, 0.15) is 87.7 Å². The summed E-state index contributed by atoms with van der Waals surface area (Å²) in [6, 6.07) is 15.3. The van der Waals surface area contributed by atoms with Gasteiger partial charge in [-0.2, -0.15) is 0 Å². The molecule has 2 aliphatic rings. The first-order chi connectivity index (χ1) is 13.9. The van der Waals surface area contributed by atoms with Gasteiger partial charge in [0.2, 0.25) is 0 Å². The van der Waals surface area contributed by atoms with Crippen LogP contribution in [-0.4, -0.2) is 5.78 Å². The van der Waals surface area contributed by atoms with E-state index >= 15 is 0 Å². The molecule has 1 saturated carbocycles. The Labute approximate surface area is 176 Å². The maximum absolute atomic E-state index is 13.4. The molecule has 29 heavy (non-hydrogen) atoms. The van der Waals surface area contributed by atoms with E-state index in [1.54, 1.807) is 0 Å². The molecule has 0 heterocycles. The van der Waals surface area contributed by atoms with Crippen molar-refractivity contribution >= 4 is 5.78 Å². The van der Waals surface area contributed by atoms with Crippen molar-refractivity contribution in [3.63, 3.8) is 0 Å². The highest BCUT2D eigenvalue weighted by molar-refractivity contribution is 6.04. The fourth-order valence-electron chi connectivity index (χ4n) is 5.82. The fraction of sp³-hybridized carbons (Fsp3) is 0.536. The highest BCUT2D eigenvalue weighted by atomic mass is 16.1. The van der Waals surface area contributed by atoms with E-state index in [9.17, 15) is 4.79 Å². The molecule has 0 amide bonds. The summed E-state index contributed by atoms with van der Waals surface area (Å²) in [5.41, 5.74) is 6.30. The first-order valence-corrected chi connectivity index (χ1v) is 11.7. The number of carbonyl (C=O) groups is 1. The lowest BCUT2D eigenvalue weighted by molar-refractivity contribution is 0.0821. The summed E-state index contributed by atoms with van der Waals surface area (Å²) < 4.78 is 0. The van der Waals surface area contributed by atoms with E-state index in [1.165, 1.54) is 54.4 Å². The third-order valence-electron chi connectivity index (χ3n) is 7.51. The van der Waals surface area contributed by atoms with Gasteiger partial charge < -0.3 is 0 Å². The van der Waals surface area contributed by atoms with E-state index in [1.807, 2.05) is 0 Å². The van der Waals surface area contributed by atoms with Crippen LogP contribution in [0.4, 0.5) is 0 Å². The molecule has 0 aromatic heterocycles. The van der Waals surface area contributed by atoms with Crippen molar-refractivity contribution in [3.8, 4) is 11.1 Å². The Balaban J connectivity index is 1.64. The Morgan fingerprint density at radius 1 is 0.931 bits per heavy atom. The zero-order valence-electron chi connectivity index (χ0n) is 18.6. The minimum atomic E-state index is 0.159. The van der Waals surface area contributed by atoms with Crippen LogP contribution >= 0.6 is 0 Å². The van der Waals surface area contributed by atoms with E-state index < -0.39 is 0 Å². The molecule has 0 N–H and O–H groups in total. The van der Waals surface area contributed by atoms with Gasteiger partial charge in [0, 0.05) is 11.5 Å². The fourth-order valence-corrected chi connectivity index (χ4v) is 5.82. The van der Waals surface area contributed by atoms with Gasteiger partial charge in [0.1, 0.15) is 0 Å². The highest BCUT2D eigenvalue weighted by Crippen LogP contribution is 2.44. The summed E-state index contributed by atoms with van der Waals surface area (Å²) in [4.78, 5) is 13.4. The molecule has 2 aliphatic carbocycles. The number of fused-ring (bicyclic) bond motifs is 1. The normalized spacial score (nSPS) is 21.2. The topological polar surface area (TPSA) is 17.1 Å². The van der Waals surface area contributed by atoms with Gasteiger partial charge in [-0.05, 0) is 45.9 Å². The first-order valence-electron chi connectivity index (χ1n) is 11.7. The van der Waals surface area contributed by atoms with Crippen LogP contribution in [0.25, 0.3) is 11.1 Å². The van der Waals surface area contributed by atoms with Crippen molar-refractivity contribution in [1.29, 1.82) is 0 Å². The average Bonchev–Trinajstić information content (AvgIpc) is 3.06. The number of carbonyl (C=O) groups excluding carboxylic acids is 1. The van der Waals surface area contributed by atoms with Gasteiger partial charge in [0.15, 0.2) is 5.78 Å². The number of hydrogen-bond acceptors (Lipinski definition) is 1. The lowest BCUT2D eigenvalue weighted by Gasteiger charge is -2.33. The van der Waals surface area contributed by atoms with Crippen LogP contribution in [0, 0.1) is 17.8 Å². The van der Waals surface area contributed by atoms with Crippen molar-refractivity contribution in [2.75, 3.05) is 0 Å². The van der Waals surface area contributed by atoms with Gasteiger partial charge in [0.25, 0.3) is 0 Å². The van der Waals surface area contributed by atoms with Crippen LogP contribution in [0.15, 0.2) is 42.5 Å².